The second-order valence-corrected chi connectivity index (χ2v) is 5.23. The zero-order valence-corrected chi connectivity index (χ0v) is 11.1. The highest BCUT2D eigenvalue weighted by molar-refractivity contribution is 5.59. The maximum Gasteiger partial charge on any atom is 0.449 e. The summed E-state index contributed by atoms with van der Waals surface area (Å²) in [6.45, 7) is 0. The monoisotopic (exact) mass is 294 g/mol. The van der Waals surface area contributed by atoms with Gasteiger partial charge in [-0.05, 0) is 24.3 Å². The zero-order valence-electron chi connectivity index (χ0n) is 11.1. The lowest BCUT2D eigenvalue weighted by Gasteiger charge is -2.25. The maximum absolute atomic E-state index is 12.7. The van der Waals surface area contributed by atoms with Crippen LogP contribution >= 0.6 is 0 Å². The van der Waals surface area contributed by atoms with E-state index < -0.39 is 17.6 Å². The molecule has 0 spiro atoms. The molecule has 1 aromatic heterocycles. The Hall–Kier alpha value is -2.11. The van der Waals surface area contributed by atoms with Crippen molar-refractivity contribution in [3.05, 3.63) is 52.1 Å². The molecule has 0 unspecified atom stereocenters. The first kappa shape index (κ1) is 13.9. The molecule has 1 saturated carbocycles. The third-order valence-corrected chi connectivity index (χ3v) is 3.79. The summed E-state index contributed by atoms with van der Waals surface area (Å²) >= 11 is 0. The number of H-pyrrole nitrogens is 1. The van der Waals surface area contributed by atoms with Gasteiger partial charge in [-0.3, -0.25) is 4.79 Å². The first-order valence-corrected chi connectivity index (χ1v) is 6.72. The van der Waals surface area contributed by atoms with Gasteiger partial charge in [0.1, 0.15) is 0 Å². The summed E-state index contributed by atoms with van der Waals surface area (Å²) in [6.07, 6.45) is -1.14. The lowest BCUT2D eigenvalue weighted by Crippen LogP contribution is -2.18. The van der Waals surface area contributed by atoms with Crippen molar-refractivity contribution in [2.45, 2.75) is 31.4 Å². The van der Waals surface area contributed by atoms with E-state index in [0.717, 1.165) is 18.9 Å². The number of halogens is 3. The number of aromatic nitrogens is 2. The Bertz CT molecular complexity index is 700. The minimum Gasteiger partial charge on any atom is -0.303 e. The molecule has 0 aliphatic heterocycles. The van der Waals surface area contributed by atoms with Crippen molar-refractivity contribution >= 4 is 0 Å². The molecule has 1 aromatic carbocycles. The average molecular weight is 294 g/mol. The quantitative estimate of drug-likeness (QED) is 0.917. The van der Waals surface area contributed by atoms with Crippen molar-refractivity contribution in [2.24, 2.45) is 0 Å². The molecule has 1 fully saturated rings. The number of hydrogen-bond acceptors (Lipinski definition) is 2. The summed E-state index contributed by atoms with van der Waals surface area (Å²) in [5.41, 5.74) is 0.919. The van der Waals surface area contributed by atoms with Gasteiger partial charge in [0.25, 0.3) is 5.56 Å². The number of hydrogen-bond donors (Lipinski definition) is 1. The Morgan fingerprint density at radius 3 is 2.33 bits per heavy atom. The minimum absolute atomic E-state index is 0.0336. The number of nitrogens with zero attached hydrogens (tertiary/aromatic N) is 1. The molecule has 6 heteroatoms. The fourth-order valence-electron chi connectivity index (χ4n) is 2.41. The topological polar surface area (TPSA) is 45.8 Å². The Balaban J connectivity index is 1.96. The molecule has 110 valence electrons. The van der Waals surface area contributed by atoms with E-state index in [0.29, 0.717) is 11.5 Å². The molecule has 1 heterocycles. The molecule has 1 aliphatic carbocycles. The summed E-state index contributed by atoms with van der Waals surface area (Å²) in [6, 6.07) is 8.31. The largest absolute Gasteiger partial charge is 0.449 e. The summed E-state index contributed by atoms with van der Waals surface area (Å²) < 4.78 is 38.0. The SMILES string of the molecule is O=c1cc(-c2ccc(C3CCC3)cc2)nc(C(F)(F)F)[nH]1. The summed E-state index contributed by atoms with van der Waals surface area (Å²) in [7, 11) is 0. The van der Waals surface area contributed by atoms with E-state index in [1.807, 2.05) is 12.1 Å². The third kappa shape index (κ3) is 2.84. The van der Waals surface area contributed by atoms with Crippen molar-refractivity contribution in [1.82, 2.24) is 9.97 Å². The van der Waals surface area contributed by atoms with Crippen molar-refractivity contribution < 1.29 is 13.2 Å². The van der Waals surface area contributed by atoms with Gasteiger partial charge in [0, 0.05) is 11.6 Å². The van der Waals surface area contributed by atoms with Crippen LogP contribution in [-0.2, 0) is 6.18 Å². The van der Waals surface area contributed by atoms with E-state index in [4.69, 9.17) is 0 Å². The highest BCUT2D eigenvalue weighted by Crippen LogP contribution is 2.36. The van der Waals surface area contributed by atoms with Crippen LogP contribution in [-0.4, -0.2) is 9.97 Å². The molecule has 1 N–H and O–H groups in total. The molecule has 0 bridgehead atoms. The van der Waals surface area contributed by atoms with E-state index in [2.05, 4.69) is 4.98 Å². The van der Waals surface area contributed by atoms with Gasteiger partial charge in [-0.1, -0.05) is 30.7 Å². The molecular formula is C15H13F3N2O. The molecule has 3 rings (SSSR count). The lowest BCUT2D eigenvalue weighted by molar-refractivity contribution is -0.145. The molecule has 0 atom stereocenters. The first-order chi connectivity index (χ1) is 9.93. The summed E-state index contributed by atoms with van der Waals surface area (Å²) in [4.78, 5) is 16.6. The predicted molar refractivity (Wildman–Crippen MR) is 71.9 cm³/mol. The van der Waals surface area contributed by atoms with Crippen molar-refractivity contribution in [3.63, 3.8) is 0 Å². The van der Waals surface area contributed by atoms with Gasteiger partial charge in [-0.2, -0.15) is 13.2 Å². The Kier molecular flexibility index (Phi) is 3.31. The molecule has 3 nitrogen and oxygen atoms in total. The second kappa shape index (κ2) is 5.02. The summed E-state index contributed by atoms with van der Waals surface area (Å²) in [5, 5.41) is 0. The van der Waals surface area contributed by atoms with Crippen molar-refractivity contribution in [3.8, 4) is 11.3 Å². The van der Waals surface area contributed by atoms with Crippen LogP contribution in [0.5, 0.6) is 0 Å². The smallest absolute Gasteiger partial charge is 0.303 e. The van der Waals surface area contributed by atoms with E-state index >= 15 is 0 Å². The van der Waals surface area contributed by atoms with E-state index in [9.17, 15) is 18.0 Å². The molecule has 0 saturated heterocycles. The van der Waals surface area contributed by atoms with Crippen LogP contribution < -0.4 is 5.56 Å². The van der Waals surface area contributed by atoms with Crippen LogP contribution in [0.2, 0.25) is 0 Å². The van der Waals surface area contributed by atoms with Crippen molar-refractivity contribution in [2.75, 3.05) is 0 Å². The number of rotatable bonds is 2. The van der Waals surface area contributed by atoms with Crippen LogP contribution in [0.15, 0.2) is 35.1 Å². The first-order valence-electron chi connectivity index (χ1n) is 6.72. The van der Waals surface area contributed by atoms with E-state index in [-0.39, 0.29) is 5.69 Å². The van der Waals surface area contributed by atoms with Gasteiger partial charge >= 0.3 is 6.18 Å². The predicted octanol–water partition coefficient (Wildman–Crippen LogP) is 3.72. The van der Waals surface area contributed by atoms with Crippen LogP contribution in [0.1, 0.15) is 36.6 Å². The van der Waals surface area contributed by atoms with E-state index in [1.165, 1.54) is 12.0 Å². The van der Waals surface area contributed by atoms with Crippen LogP contribution in [0.4, 0.5) is 13.2 Å². The Morgan fingerprint density at radius 2 is 1.81 bits per heavy atom. The van der Waals surface area contributed by atoms with Gasteiger partial charge in [0.2, 0.25) is 5.82 Å². The van der Waals surface area contributed by atoms with Gasteiger partial charge in [0.15, 0.2) is 0 Å². The van der Waals surface area contributed by atoms with Gasteiger partial charge in [-0.15, -0.1) is 0 Å². The minimum atomic E-state index is -4.67. The highest BCUT2D eigenvalue weighted by Gasteiger charge is 2.34. The molecule has 2 aromatic rings. The third-order valence-electron chi connectivity index (χ3n) is 3.79. The molecule has 1 aliphatic rings. The number of benzene rings is 1. The fraction of sp³-hybridized carbons (Fsp3) is 0.333. The Labute approximate surface area is 118 Å². The number of alkyl halides is 3. The van der Waals surface area contributed by atoms with E-state index in [1.54, 1.807) is 17.1 Å². The molecule has 21 heavy (non-hydrogen) atoms. The highest BCUT2D eigenvalue weighted by atomic mass is 19.4. The van der Waals surface area contributed by atoms with Gasteiger partial charge in [0.05, 0.1) is 5.69 Å². The summed E-state index contributed by atoms with van der Waals surface area (Å²) in [5.74, 6) is -0.718. The Morgan fingerprint density at radius 1 is 1.14 bits per heavy atom. The fourth-order valence-corrected chi connectivity index (χ4v) is 2.41. The maximum atomic E-state index is 12.7. The average Bonchev–Trinajstić information content (AvgIpc) is 2.36. The van der Waals surface area contributed by atoms with Crippen LogP contribution in [0.3, 0.4) is 0 Å². The molecule has 0 radical (unpaired) electrons. The van der Waals surface area contributed by atoms with Gasteiger partial charge in [-0.25, -0.2) is 4.98 Å². The van der Waals surface area contributed by atoms with Crippen molar-refractivity contribution in [1.29, 1.82) is 0 Å². The van der Waals surface area contributed by atoms with Gasteiger partial charge < -0.3 is 4.98 Å². The van der Waals surface area contributed by atoms with Crippen LogP contribution in [0.25, 0.3) is 11.3 Å². The second-order valence-electron chi connectivity index (χ2n) is 5.23. The lowest BCUT2D eigenvalue weighted by atomic mass is 9.80. The molecular weight excluding hydrogens is 281 g/mol. The number of aromatic amines is 1. The zero-order chi connectivity index (χ0) is 15.0. The normalized spacial score (nSPS) is 15.8. The molecule has 0 amide bonds. The van der Waals surface area contributed by atoms with Crippen LogP contribution in [0, 0.1) is 0 Å². The number of nitrogens with one attached hydrogen (secondary N) is 1. The standard InChI is InChI=1S/C15H13F3N2O/c16-15(17,18)14-19-12(8-13(21)20-14)11-6-4-10(5-7-11)9-2-1-3-9/h4-9H,1-3H2,(H,19,20,21).